The number of rotatable bonds is 3. The second-order valence-electron chi connectivity index (χ2n) is 7.32. The first-order valence-electron chi connectivity index (χ1n) is 9.53. The topological polar surface area (TPSA) is 21.1 Å². The summed E-state index contributed by atoms with van der Waals surface area (Å²) in [4.78, 5) is 3.50. The third-order valence-electron chi connectivity index (χ3n) is 5.13. The van der Waals surface area contributed by atoms with Crippen LogP contribution in [0.1, 0.15) is 22.1 Å². The highest BCUT2D eigenvalue weighted by atomic mass is 35.5. The highest BCUT2D eigenvalue weighted by molar-refractivity contribution is 8.00. The Morgan fingerprint density at radius 3 is 2.03 bits per heavy atom. The fraction of sp³-hybridized carbons (Fsp3) is 0.125. The number of nitrogens with zero attached hydrogens (tertiary/aromatic N) is 3. The highest BCUT2D eigenvalue weighted by Crippen LogP contribution is 2.54. The van der Waals surface area contributed by atoms with Crippen molar-refractivity contribution < 1.29 is 0 Å². The summed E-state index contributed by atoms with van der Waals surface area (Å²) >= 11 is 7.88. The third-order valence-corrected chi connectivity index (χ3v) is 6.63. The van der Waals surface area contributed by atoms with Gasteiger partial charge in [-0.1, -0.05) is 70.9 Å². The lowest BCUT2D eigenvalue weighted by Gasteiger charge is -2.26. The zero-order valence-corrected chi connectivity index (χ0v) is 17.8. The van der Waals surface area contributed by atoms with Gasteiger partial charge in [0.25, 0.3) is 0 Å². The van der Waals surface area contributed by atoms with E-state index in [0.717, 1.165) is 22.2 Å². The lowest BCUT2D eigenvalue weighted by molar-refractivity contribution is 0.845. The summed E-state index contributed by atoms with van der Waals surface area (Å²) in [5.74, 6) is 0.986. The van der Waals surface area contributed by atoms with Crippen LogP contribution in [0.2, 0.25) is 5.02 Å². The fourth-order valence-electron chi connectivity index (χ4n) is 3.52. The van der Waals surface area contributed by atoms with Gasteiger partial charge in [0, 0.05) is 16.9 Å². The van der Waals surface area contributed by atoms with Gasteiger partial charge in [0.1, 0.15) is 5.37 Å². The van der Waals surface area contributed by atoms with E-state index >= 15 is 0 Å². The van der Waals surface area contributed by atoms with Gasteiger partial charge in [0.05, 0.1) is 10.6 Å². The smallest absolute Gasteiger partial charge is 0.170 e. The highest BCUT2D eigenvalue weighted by Gasteiger charge is 2.35. The molecule has 1 atom stereocenters. The lowest BCUT2D eigenvalue weighted by Crippen LogP contribution is -2.18. The molecule has 1 aliphatic rings. The number of benzene rings is 3. The maximum atomic E-state index is 6.05. The number of hydrogen-bond donors (Lipinski definition) is 0. The van der Waals surface area contributed by atoms with Crippen molar-refractivity contribution in [2.45, 2.75) is 24.1 Å². The summed E-state index contributed by atoms with van der Waals surface area (Å²) in [7, 11) is 0. The van der Waals surface area contributed by atoms with Gasteiger partial charge in [-0.15, -0.1) is 5.10 Å². The number of thioether (sulfide) groups is 1. The standard InChI is InChI=1S/C24H20ClN3S/c1-16-3-7-18(8-4-16)24-28(21-11-5-17(2)6-12-21)23-22(29-24)15-27(26-23)20-13-9-19(25)10-14-20/h3-15,24H,1-2H3. The normalized spacial score (nSPS) is 15.6. The van der Waals surface area contributed by atoms with Crippen LogP contribution < -0.4 is 4.90 Å². The van der Waals surface area contributed by atoms with Crippen molar-refractivity contribution in [3.05, 3.63) is 101 Å². The number of aromatic nitrogens is 2. The first-order chi connectivity index (χ1) is 14.1. The SMILES string of the molecule is Cc1ccc(C2Sc3cn(-c4ccc(Cl)cc4)nc3N2c2ccc(C)cc2)cc1. The minimum absolute atomic E-state index is 0.163. The van der Waals surface area contributed by atoms with Gasteiger partial charge in [-0.05, 0) is 55.8 Å². The first-order valence-corrected chi connectivity index (χ1v) is 10.8. The van der Waals surface area contributed by atoms with Crippen molar-refractivity contribution in [2.75, 3.05) is 4.90 Å². The summed E-state index contributed by atoms with van der Waals surface area (Å²) < 4.78 is 1.93. The van der Waals surface area contributed by atoms with Gasteiger partial charge in [-0.3, -0.25) is 0 Å². The Morgan fingerprint density at radius 2 is 1.38 bits per heavy atom. The minimum Gasteiger partial charge on any atom is -0.307 e. The Hall–Kier alpha value is -2.69. The molecule has 0 saturated heterocycles. The third kappa shape index (κ3) is 3.43. The van der Waals surface area contributed by atoms with Gasteiger partial charge < -0.3 is 4.90 Å². The van der Waals surface area contributed by atoms with Gasteiger partial charge in [0.2, 0.25) is 0 Å². The summed E-state index contributed by atoms with van der Waals surface area (Å²) in [5, 5.41) is 5.83. The van der Waals surface area contributed by atoms with Crippen LogP contribution >= 0.6 is 23.4 Å². The number of anilines is 2. The van der Waals surface area contributed by atoms with E-state index in [1.807, 2.05) is 40.7 Å². The second kappa shape index (κ2) is 7.29. The fourth-order valence-corrected chi connectivity index (χ4v) is 4.91. The maximum absolute atomic E-state index is 6.05. The Labute approximate surface area is 179 Å². The monoisotopic (exact) mass is 417 g/mol. The molecule has 5 heteroatoms. The quantitative estimate of drug-likeness (QED) is 0.355. The van der Waals surface area contributed by atoms with Gasteiger partial charge >= 0.3 is 0 Å². The summed E-state index contributed by atoms with van der Waals surface area (Å²) in [5.41, 5.74) is 5.94. The number of fused-ring (bicyclic) bond motifs is 1. The summed E-state index contributed by atoms with van der Waals surface area (Å²) in [6, 6.07) is 25.2. The van der Waals surface area contributed by atoms with Gasteiger partial charge in [0.15, 0.2) is 5.82 Å². The zero-order valence-electron chi connectivity index (χ0n) is 16.2. The van der Waals surface area contributed by atoms with E-state index in [4.69, 9.17) is 16.7 Å². The molecular formula is C24H20ClN3S. The minimum atomic E-state index is 0.163. The predicted octanol–water partition coefficient (Wildman–Crippen LogP) is 7.09. The zero-order chi connectivity index (χ0) is 20.0. The van der Waals surface area contributed by atoms with Crippen LogP contribution in [-0.2, 0) is 0 Å². The van der Waals surface area contributed by atoms with Crippen LogP contribution in [-0.4, -0.2) is 9.78 Å². The molecule has 0 N–H and O–H groups in total. The molecule has 0 fully saturated rings. The van der Waals surface area contributed by atoms with E-state index in [-0.39, 0.29) is 5.37 Å². The molecule has 0 amide bonds. The van der Waals surface area contributed by atoms with Crippen molar-refractivity contribution in [3.8, 4) is 5.69 Å². The van der Waals surface area contributed by atoms with Crippen LogP contribution in [0.3, 0.4) is 0 Å². The lowest BCUT2D eigenvalue weighted by atomic mass is 10.1. The van der Waals surface area contributed by atoms with Crippen molar-refractivity contribution in [3.63, 3.8) is 0 Å². The van der Waals surface area contributed by atoms with Crippen molar-refractivity contribution in [1.29, 1.82) is 0 Å². The van der Waals surface area contributed by atoms with E-state index in [1.54, 1.807) is 0 Å². The van der Waals surface area contributed by atoms with Crippen LogP contribution in [0.15, 0.2) is 83.9 Å². The molecule has 1 aromatic heterocycles. The molecule has 1 unspecified atom stereocenters. The Morgan fingerprint density at radius 1 is 0.793 bits per heavy atom. The van der Waals surface area contributed by atoms with E-state index in [2.05, 4.69) is 73.5 Å². The molecule has 3 nitrogen and oxygen atoms in total. The van der Waals surface area contributed by atoms with E-state index in [0.29, 0.717) is 0 Å². The molecule has 2 heterocycles. The molecule has 0 saturated carbocycles. The van der Waals surface area contributed by atoms with E-state index in [9.17, 15) is 0 Å². The molecule has 5 rings (SSSR count). The van der Waals surface area contributed by atoms with E-state index in [1.165, 1.54) is 21.6 Å². The molecular weight excluding hydrogens is 398 g/mol. The van der Waals surface area contributed by atoms with Gasteiger partial charge in [-0.25, -0.2) is 4.68 Å². The molecule has 4 aromatic rings. The van der Waals surface area contributed by atoms with Crippen LogP contribution in [0.25, 0.3) is 5.69 Å². The molecule has 29 heavy (non-hydrogen) atoms. The largest absolute Gasteiger partial charge is 0.307 e. The molecule has 0 spiro atoms. The number of hydrogen-bond acceptors (Lipinski definition) is 3. The predicted molar refractivity (Wildman–Crippen MR) is 122 cm³/mol. The molecule has 0 radical (unpaired) electrons. The summed E-state index contributed by atoms with van der Waals surface area (Å²) in [6.07, 6.45) is 2.11. The first kappa shape index (κ1) is 18.3. The van der Waals surface area contributed by atoms with E-state index < -0.39 is 0 Å². The number of halogens is 1. The van der Waals surface area contributed by atoms with Gasteiger partial charge in [-0.2, -0.15) is 0 Å². The van der Waals surface area contributed by atoms with Crippen molar-refractivity contribution in [2.24, 2.45) is 0 Å². The Bertz CT molecular complexity index is 1150. The second-order valence-corrected chi connectivity index (χ2v) is 8.88. The average molecular weight is 418 g/mol. The molecule has 1 aliphatic heterocycles. The number of aryl methyl sites for hydroxylation is 2. The van der Waals surface area contributed by atoms with Crippen LogP contribution in [0, 0.1) is 13.8 Å². The maximum Gasteiger partial charge on any atom is 0.170 e. The van der Waals surface area contributed by atoms with Crippen LogP contribution in [0.5, 0.6) is 0 Å². The average Bonchev–Trinajstić information content (AvgIpc) is 3.28. The molecule has 0 aliphatic carbocycles. The Balaban J connectivity index is 1.59. The molecule has 0 bridgehead atoms. The molecule has 144 valence electrons. The van der Waals surface area contributed by atoms with Crippen LogP contribution in [0.4, 0.5) is 11.5 Å². The summed E-state index contributed by atoms with van der Waals surface area (Å²) in [6.45, 7) is 4.23. The van der Waals surface area contributed by atoms with Crippen molar-refractivity contribution in [1.82, 2.24) is 9.78 Å². The van der Waals surface area contributed by atoms with Crippen molar-refractivity contribution >= 4 is 34.9 Å². The molecule has 3 aromatic carbocycles. The Kier molecular flexibility index (Phi) is 4.61.